The molecule has 0 radical (unpaired) electrons. The van der Waals surface area contributed by atoms with Gasteiger partial charge in [-0.3, -0.25) is 0 Å². The van der Waals surface area contributed by atoms with Crippen molar-refractivity contribution in [2.45, 2.75) is 0 Å². The Kier molecular flexibility index (Phi) is 5.47. The van der Waals surface area contributed by atoms with Crippen molar-refractivity contribution in [3.63, 3.8) is 0 Å². The largest absolute Gasteiger partial charge is 0.456 e. The lowest BCUT2D eigenvalue weighted by Gasteiger charge is -2.09. The van der Waals surface area contributed by atoms with Crippen LogP contribution in [0.1, 0.15) is 0 Å². The van der Waals surface area contributed by atoms with Crippen molar-refractivity contribution < 1.29 is 8.83 Å². The molecule has 0 amide bonds. The highest BCUT2D eigenvalue weighted by molar-refractivity contribution is 6.22. The summed E-state index contributed by atoms with van der Waals surface area (Å²) in [6.45, 7) is 0. The highest BCUT2D eigenvalue weighted by Crippen LogP contribution is 2.43. The van der Waals surface area contributed by atoms with Crippen molar-refractivity contribution >= 4 is 87.5 Å². The molecule has 0 unspecified atom stereocenters. The van der Waals surface area contributed by atoms with Gasteiger partial charge in [-0.1, -0.05) is 91.0 Å². The Morgan fingerprint density at radius 2 is 0.846 bits per heavy atom. The molecule has 4 nitrogen and oxygen atoms in total. The molecule has 12 aromatic rings. The molecule has 0 aliphatic carbocycles. The number of fused-ring (bicyclic) bond motifs is 13. The molecular formula is C48H28N2O2. The van der Waals surface area contributed by atoms with E-state index in [-0.39, 0.29) is 0 Å². The van der Waals surface area contributed by atoms with E-state index in [1.165, 1.54) is 21.5 Å². The Morgan fingerprint density at radius 1 is 0.308 bits per heavy atom. The van der Waals surface area contributed by atoms with Gasteiger partial charge in [-0.15, -0.1) is 0 Å². The molecular weight excluding hydrogens is 637 g/mol. The maximum absolute atomic E-state index is 6.62. The van der Waals surface area contributed by atoms with Gasteiger partial charge in [-0.25, -0.2) is 0 Å². The second kappa shape index (κ2) is 10.3. The van der Waals surface area contributed by atoms with Crippen LogP contribution >= 0.6 is 0 Å². The molecule has 242 valence electrons. The molecule has 0 spiro atoms. The van der Waals surface area contributed by atoms with E-state index in [1.807, 2.05) is 18.2 Å². The summed E-state index contributed by atoms with van der Waals surface area (Å²) in [7, 11) is 0. The first-order valence-corrected chi connectivity index (χ1v) is 17.7. The van der Waals surface area contributed by atoms with Gasteiger partial charge in [0.05, 0.1) is 22.1 Å². The maximum Gasteiger partial charge on any atom is 0.160 e. The smallest absolute Gasteiger partial charge is 0.160 e. The van der Waals surface area contributed by atoms with Crippen LogP contribution in [0.25, 0.3) is 110 Å². The third-order valence-electron chi connectivity index (χ3n) is 10.9. The quantitative estimate of drug-likeness (QED) is 0.188. The molecule has 0 bridgehead atoms. The fourth-order valence-electron chi connectivity index (χ4n) is 8.58. The van der Waals surface area contributed by atoms with Crippen molar-refractivity contribution in [1.82, 2.24) is 9.13 Å². The van der Waals surface area contributed by atoms with E-state index in [9.17, 15) is 0 Å². The molecule has 0 aliphatic rings. The number of hydrogen-bond donors (Lipinski definition) is 0. The Bertz CT molecular complexity index is 3370. The van der Waals surface area contributed by atoms with Crippen LogP contribution in [0, 0.1) is 0 Å². The Hall–Kier alpha value is -7.04. The van der Waals surface area contributed by atoms with Gasteiger partial charge in [0, 0.05) is 54.5 Å². The molecule has 8 aromatic carbocycles. The fourth-order valence-corrected chi connectivity index (χ4v) is 8.58. The van der Waals surface area contributed by atoms with Gasteiger partial charge in [0.2, 0.25) is 0 Å². The normalized spacial score (nSPS) is 12.2. The van der Waals surface area contributed by atoms with E-state index < -0.39 is 0 Å². The zero-order chi connectivity index (χ0) is 33.9. The lowest BCUT2D eigenvalue weighted by Crippen LogP contribution is -1.93. The summed E-state index contributed by atoms with van der Waals surface area (Å²) in [4.78, 5) is 0. The van der Waals surface area contributed by atoms with Gasteiger partial charge < -0.3 is 18.0 Å². The van der Waals surface area contributed by atoms with Crippen LogP contribution in [0.3, 0.4) is 0 Å². The highest BCUT2D eigenvalue weighted by Gasteiger charge is 2.21. The second-order valence-electron chi connectivity index (χ2n) is 13.7. The van der Waals surface area contributed by atoms with Crippen molar-refractivity contribution in [1.29, 1.82) is 0 Å². The third kappa shape index (κ3) is 3.75. The van der Waals surface area contributed by atoms with Crippen LogP contribution in [0.2, 0.25) is 0 Å². The SMILES string of the molecule is c1ccc(-n2c3ccc(-c4ccc5c(c4)c4ccc6c7ccccc7oc6c4n5-c4ccccc4)cc3c3cc4oc5ccccc5c4cc32)cc1. The number of hydrogen-bond acceptors (Lipinski definition) is 2. The summed E-state index contributed by atoms with van der Waals surface area (Å²) in [6, 6.07) is 60.6. The Balaban J connectivity index is 1.13. The molecule has 0 fully saturated rings. The van der Waals surface area contributed by atoms with E-state index in [4.69, 9.17) is 8.83 Å². The Morgan fingerprint density at radius 3 is 1.56 bits per heavy atom. The molecule has 0 N–H and O–H groups in total. The summed E-state index contributed by atoms with van der Waals surface area (Å²) in [5.74, 6) is 0. The molecule has 4 heteroatoms. The van der Waals surface area contributed by atoms with Crippen molar-refractivity contribution in [3.8, 4) is 22.5 Å². The first-order valence-electron chi connectivity index (χ1n) is 17.7. The predicted octanol–water partition coefficient (Wildman–Crippen LogP) is 13.3. The van der Waals surface area contributed by atoms with Crippen LogP contribution in [0.15, 0.2) is 179 Å². The van der Waals surface area contributed by atoms with Gasteiger partial charge in [0.25, 0.3) is 0 Å². The molecule has 0 atom stereocenters. The van der Waals surface area contributed by atoms with E-state index in [0.29, 0.717) is 0 Å². The van der Waals surface area contributed by atoms with Gasteiger partial charge in [-0.05, 0) is 90.0 Å². The zero-order valence-electron chi connectivity index (χ0n) is 27.9. The minimum absolute atomic E-state index is 0.901. The zero-order valence-corrected chi connectivity index (χ0v) is 27.9. The average molecular weight is 665 g/mol. The topological polar surface area (TPSA) is 36.1 Å². The Labute approximate surface area is 296 Å². The standard InChI is InChI=1S/C48H28N2O2/c1-3-11-31(12-4-1)49-41-23-19-30(26-38(41)39-28-46-40(27-43(39)49)34-16-8-9-17-44(34)51-46)29-20-24-42-37(25-29)35-21-22-36-33-15-7-10-18-45(33)52-48(36)47(35)50(42)32-13-5-2-6-14-32/h1-28H. The molecule has 0 aliphatic heterocycles. The summed E-state index contributed by atoms with van der Waals surface area (Å²) in [5, 5.41) is 9.23. The summed E-state index contributed by atoms with van der Waals surface area (Å²) < 4.78 is 17.8. The minimum Gasteiger partial charge on any atom is -0.456 e. The highest BCUT2D eigenvalue weighted by atomic mass is 16.3. The molecule has 0 saturated heterocycles. The monoisotopic (exact) mass is 664 g/mol. The van der Waals surface area contributed by atoms with Crippen LogP contribution in [-0.2, 0) is 0 Å². The minimum atomic E-state index is 0.901. The summed E-state index contributed by atoms with van der Waals surface area (Å²) in [6.07, 6.45) is 0. The van der Waals surface area contributed by atoms with Crippen molar-refractivity contribution in [3.05, 3.63) is 170 Å². The lowest BCUT2D eigenvalue weighted by atomic mass is 10.00. The first-order chi connectivity index (χ1) is 25.8. The van der Waals surface area contributed by atoms with Crippen molar-refractivity contribution in [2.24, 2.45) is 0 Å². The number of benzene rings is 8. The third-order valence-corrected chi connectivity index (χ3v) is 10.9. The molecule has 4 heterocycles. The van der Waals surface area contributed by atoms with Crippen molar-refractivity contribution in [2.75, 3.05) is 0 Å². The molecule has 52 heavy (non-hydrogen) atoms. The number of rotatable bonds is 3. The maximum atomic E-state index is 6.62. The molecule has 0 saturated carbocycles. The van der Waals surface area contributed by atoms with Crippen LogP contribution in [-0.4, -0.2) is 9.13 Å². The van der Waals surface area contributed by atoms with E-state index in [2.05, 4.69) is 161 Å². The molecule has 4 aromatic heterocycles. The number of furan rings is 2. The van der Waals surface area contributed by atoms with E-state index >= 15 is 0 Å². The van der Waals surface area contributed by atoms with Gasteiger partial charge >= 0.3 is 0 Å². The lowest BCUT2D eigenvalue weighted by molar-refractivity contribution is 0.669. The molecule has 12 rings (SSSR count). The fraction of sp³-hybridized carbons (Fsp3) is 0. The van der Waals surface area contributed by atoms with Gasteiger partial charge in [0.15, 0.2) is 5.58 Å². The number of para-hydroxylation sites is 4. The van der Waals surface area contributed by atoms with Crippen LogP contribution in [0.5, 0.6) is 0 Å². The number of aromatic nitrogens is 2. The van der Waals surface area contributed by atoms with Gasteiger partial charge in [-0.2, -0.15) is 0 Å². The number of nitrogens with zero attached hydrogens (tertiary/aromatic N) is 2. The summed E-state index contributed by atoms with van der Waals surface area (Å²) >= 11 is 0. The second-order valence-corrected chi connectivity index (χ2v) is 13.7. The summed E-state index contributed by atoms with van der Waals surface area (Å²) in [5.41, 5.74) is 12.7. The average Bonchev–Trinajstić information content (AvgIpc) is 3.94. The van der Waals surface area contributed by atoms with E-state index in [1.54, 1.807) is 0 Å². The van der Waals surface area contributed by atoms with Gasteiger partial charge in [0.1, 0.15) is 16.7 Å². The first kappa shape index (κ1) is 27.7. The van der Waals surface area contributed by atoms with Crippen LogP contribution in [0.4, 0.5) is 0 Å². The predicted molar refractivity (Wildman–Crippen MR) is 215 cm³/mol. The van der Waals surface area contributed by atoms with E-state index in [0.717, 1.165) is 88.4 Å². The van der Waals surface area contributed by atoms with Crippen LogP contribution < -0.4 is 0 Å².